The highest BCUT2D eigenvalue weighted by Gasteiger charge is 2.09. The van der Waals surface area contributed by atoms with Crippen LogP contribution in [-0.4, -0.2) is 20.9 Å². The molecule has 26 heavy (non-hydrogen) atoms. The van der Waals surface area contributed by atoms with Crippen LogP contribution in [-0.2, 0) is 0 Å². The zero-order valence-corrected chi connectivity index (χ0v) is 13.7. The number of aromatic nitrogens is 2. The van der Waals surface area contributed by atoms with E-state index in [1.54, 1.807) is 6.07 Å². The van der Waals surface area contributed by atoms with Crippen molar-refractivity contribution >= 4 is 45.3 Å². The molecule has 3 rings (SSSR count). The first kappa shape index (κ1) is 17.3. The number of hydrogen-bond donors (Lipinski definition) is 1. The van der Waals surface area contributed by atoms with Gasteiger partial charge in [-0.1, -0.05) is 29.8 Å². The molecule has 0 spiro atoms. The molecule has 1 heterocycles. The van der Waals surface area contributed by atoms with Gasteiger partial charge < -0.3 is 14.9 Å². The number of hydrogen-bond acceptors (Lipinski definition) is 6. The molecule has 2 aromatic carbocycles. The highest BCUT2D eigenvalue weighted by Crippen LogP contribution is 2.22. The molecule has 0 unspecified atom stereocenters. The summed E-state index contributed by atoms with van der Waals surface area (Å²) < 4.78 is 0. The lowest BCUT2D eigenvalue weighted by molar-refractivity contribution is -0.384. The molecule has 0 radical (unpaired) electrons. The number of carbonyl (C=O) groups is 1. The second-order valence-electron chi connectivity index (χ2n) is 5.28. The van der Waals surface area contributed by atoms with E-state index in [1.807, 2.05) is 0 Å². The Labute approximate surface area is 150 Å². The Morgan fingerprint density at radius 2 is 2.00 bits per heavy atom. The number of rotatable bonds is 4. The first-order chi connectivity index (χ1) is 12.3. The molecule has 0 atom stereocenters. The van der Waals surface area contributed by atoms with E-state index in [0.29, 0.717) is 5.56 Å². The zero-order chi connectivity index (χ0) is 18.8. The molecule has 0 aliphatic rings. The third kappa shape index (κ3) is 3.45. The van der Waals surface area contributed by atoms with Crippen molar-refractivity contribution in [3.05, 3.63) is 79.9 Å². The van der Waals surface area contributed by atoms with Gasteiger partial charge in [0, 0.05) is 12.1 Å². The summed E-state index contributed by atoms with van der Waals surface area (Å²) in [5.41, 5.74) is -0.158. The van der Waals surface area contributed by atoms with Gasteiger partial charge in [-0.3, -0.25) is 14.9 Å². The predicted octanol–water partition coefficient (Wildman–Crippen LogP) is 1.93. The second kappa shape index (κ2) is 6.77. The molecule has 0 aliphatic carbocycles. The van der Waals surface area contributed by atoms with Crippen LogP contribution in [0.2, 0.25) is 0 Å². The fourth-order valence-corrected chi connectivity index (χ4v) is 2.54. The molecule has 8 nitrogen and oxygen atoms in total. The van der Waals surface area contributed by atoms with Crippen molar-refractivity contribution < 1.29 is 14.8 Å². The topological polar surface area (TPSA) is 129 Å². The van der Waals surface area contributed by atoms with Gasteiger partial charge in [0.25, 0.3) is 11.2 Å². The molecule has 0 amide bonds. The Bertz CT molecular complexity index is 1140. The molecule has 0 aliphatic heterocycles. The Morgan fingerprint density at radius 3 is 2.69 bits per heavy atom. The van der Waals surface area contributed by atoms with Gasteiger partial charge in [0.05, 0.1) is 26.8 Å². The number of benzene rings is 2. The highest BCUT2D eigenvalue weighted by molar-refractivity contribution is 6.50. The van der Waals surface area contributed by atoms with Crippen molar-refractivity contribution in [3.8, 4) is 0 Å². The summed E-state index contributed by atoms with van der Waals surface area (Å²) in [4.78, 5) is 40.0. The van der Waals surface area contributed by atoms with E-state index in [0.717, 1.165) is 0 Å². The van der Waals surface area contributed by atoms with Crippen molar-refractivity contribution in [2.45, 2.75) is 0 Å². The van der Waals surface area contributed by atoms with Gasteiger partial charge in [0.15, 0.2) is 5.82 Å². The number of nitrogens with zero attached hydrogens (tertiary/aromatic N) is 2. The number of fused-ring (bicyclic) bond motifs is 1. The van der Waals surface area contributed by atoms with Crippen molar-refractivity contribution in [2.75, 3.05) is 0 Å². The zero-order valence-electron chi connectivity index (χ0n) is 12.9. The number of nitro groups is 1. The Morgan fingerprint density at radius 1 is 1.23 bits per heavy atom. The standard InChI is InChI=1S/C17H10ClN3O5/c18-13(7-9-2-1-3-11(6-9)21(25)26)15-19-14-8-10(17(23)24)4-5-12(14)16(22)20-15/h1-8H,(H,23,24)(H,19,20,22)/p-1/b13-7-. The molecule has 0 saturated carbocycles. The molecule has 3 aromatic rings. The van der Waals surface area contributed by atoms with Crippen molar-refractivity contribution in [3.63, 3.8) is 0 Å². The molecule has 0 bridgehead atoms. The predicted molar refractivity (Wildman–Crippen MR) is 93.5 cm³/mol. The van der Waals surface area contributed by atoms with Crippen molar-refractivity contribution in [1.82, 2.24) is 9.97 Å². The van der Waals surface area contributed by atoms with E-state index in [9.17, 15) is 24.8 Å². The third-order valence-electron chi connectivity index (χ3n) is 3.54. The Balaban J connectivity index is 2.09. The lowest BCUT2D eigenvalue weighted by atomic mass is 10.1. The number of non-ortho nitro benzene ring substituents is 1. The maximum absolute atomic E-state index is 12.1. The number of aromatic carboxylic acids is 1. The summed E-state index contributed by atoms with van der Waals surface area (Å²) in [6, 6.07) is 9.53. The Kier molecular flexibility index (Phi) is 4.51. The van der Waals surface area contributed by atoms with Crippen LogP contribution >= 0.6 is 11.6 Å². The third-order valence-corrected chi connectivity index (χ3v) is 3.83. The summed E-state index contributed by atoms with van der Waals surface area (Å²) in [7, 11) is 0. The van der Waals surface area contributed by atoms with Gasteiger partial charge in [-0.15, -0.1) is 0 Å². The van der Waals surface area contributed by atoms with E-state index in [4.69, 9.17) is 11.6 Å². The van der Waals surface area contributed by atoms with Crippen molar-refractivity contribution in [2.24, 2.45) is 0 Å². The minimum atomic E-state index is -1.39. The number of H-pyrrole nitrogens is 1. The molecule has 0 saturated heterocycles. The first-order valence-electron chi connectivity index (χ1n) is 7.22. The van der Waals surface area contributed by atoms with Gasteiger partial charge in [-0.2, -0.15) is 0 Å². The fourth-order valence-electron chi connectivity index (χ4n) is 2.32. The van der Waals surface area contributed by atoms with Crippen molar-refractivity contribution in [1.29, 1.82) is 0 Å². The number of carbonyl (C=O) groups excluding carboxylic acids is 1. The van der Waals surface area contributed by atoms with Crippen LogP contribution in [0.4, 0.5) is 5.69 Å². The highest BCUT2D eigenvalue weighted by atomic mass is 35.5. The van der Waals surface area contributed by atoms with Gasteiger partial charge in [-0.05, 0) is 29.3 Å². The van der Waals surface area contributed by atoms with E-state index in [-0.39, 0.29) is 33.0 Å². The van der Waals surface area contributed by atoms with Crippen LogP contribution in [0.1, 0.15) is 21.7 Å². The summed E-state index contributed by atoms with van der Waals surface area (Å²) in [6.07, 6.45) is 1.40. The molecule has 1 N–H and O–H groups in total. The summed E-state index contributed by atoms with van der Waals surface area (Å²) in [5, 5.41) is 22.0. The molecule has 1 aromatic heterocycles. The van der Waals surface area contributed by atoms with Gasteiger partial charge in [0.1, 0.15) is 0 Å². The van der Waals surface area contributed by atoms with Crippen LogP contribution < -0.4 is 10.7 Å². The van der Waals surface area contributed by atoms with Crippen LogP contribution in [0.15, 0.2) is 47.3 Å². The largest absolute Gasteiger partial charge is 0.545 e. The van der Waals surface area contributed by atoms with Crippen LogP contribution in [0.3, 0.4) is 0 Å². The molecular formula is C17H9ClN3O5-. The number of nitro benzene ring substituents is 1. The van der Waals surface area contributed by atoms with E-state index < -0.39 is 16.5 Å². The summed E-state index contributed by atoms with van der Waals surface area (Å²) in [6.45, 7) is 0. The molecule has 9 heteroatoms. The minimum Gasteiger partial charge on any atom is -0.545 e. The quantitative estimate of drug-likeness (QED) is 0.551. The van der Waals surface area contributed by atoms with Gasteiger partial charge >= 0.3 is 0 Å². The first-order valence-corrected chi connectivity index (χ1v) is 7.60. The normalized spacial score (nSPS) is 11.5. The number of aromatic amines is 1. The average molecular weight is 371 g/mol. The maximum Gasteiger partial charge on any atom is 0.270 e. The van der Waals surface area contributed by atoms with Crippen LogP contribution in [0.25, 0.3) is 22.0 Å². The lowest BCUT2D eigenvalue weighted by Gasteiger charge is -2.05. The lowest BCUT2D eigenvalue weighted by Crippen LogP contribution is -2.22. The summed E-state index contributed by atoms with van der Waals surface area (Å²) in [5.74, 6) is -1.39. The minimum absolute atomic E-state index is 0.00571. The second-order valence-corrected chi connectivity index (χ2v) is 5.69. The smallest absolute Gasteiger partial charge is 0.270 e. The molecule has 130 valence electrons. The summed E-state index contributed by atoms with van der Waals surface area (Å²) >= 11 is 6.18. The molecule has 0 fully saturated rings. The molecular weight excluding hydrogens is 362 g/mol. The SMILES string of the molecule is O=C([O-])c1ccc2c(=O)[nH]c(/C(Cl)=C/c3cccc([N+](=O)[O-])c3)nc2c1. The number of halogens is 1. The average Bonchev–Trinajstić information content (AvgIpc) is 2.61. The van der Waals surface area contributed by atoms with Crippen LogP contribution in [0.5, 0.6) is 0 Å². The number of carboxylic acids is 1. The van der Waals surface area contributed by atoms with Gasteiger partial charge in [0.2, 0.25) is 0 Å². The Hall–Kier alpha value is -3.52. The number of nitrogens with one attached hydrogen (secondary N) is 1. The van der Waals surface area contributed by atoms with E-state index in [1.165, 1.54) is 42.5 Å². The number of carboxylic acid groups (broad SMARTS) is 1. The fraction of sp³-hybridized carbons (Fsp3) is 0. The monoisotopic (exact) mass is 370 g/mol. The van der Waals surface area contributed by atoms with Gasteiger partial charge in [-0.25, -0.2) is 4.98 Å². The van der Waals surface area contributed by atoms with E-state index >= 15 is 0 Å². The maximum atomic E-state index is 12.1. The van der Waals surface area contributed by atoms with E-state index in [2.05, 4.69) is 9.97 Å². The van der Waals surface area contributed by atoms with Crippen LogP contribution in [0, 0.1) is 10.1 Å².